The fourth-order valence-corrected chi connectivity index (χ4v) is 0.684. The summed E-state index contributed by atoms with van der Waals surface area (Å²) in [6, 6.07) is -0.932. The fourth-order valence-electron chi connectivity index (χ4n) is 0.684. The molecule has 0 aromatic carbocycles. The van der Waals surface area contributed by atoms with E-state index < -0.39 is 24.4 Å². The van der Waals surface area contributed by atoms with Gasteiger partial charge in [-0.25, -0.2) is 0 Å². The Balaban J connectivity index is 3.75. The maximum absolute atomic E-state index is 10.1. The minimum atomic E-state index is -1.15. The Morgan fingerprint density at radius 2 is 1.83 bits per heavy atom. The summed E-state index contributed by atoms with van der Waals surface area (Å²) in [5.74, 6) is -2.21. The maximum Gasteiger partial charge on any atom is 0.305 e. The predicted octanol–water partition coefficient (Wildman–Crippen LogP) is 0.461. The number of carbonyl (C=O) groups is 2. The van der Waals surface area contributed by atoms with Gasteiger partial charge in [-0.05, 0) is 6.42 Å². The van der Waals surface area contributed by atoms with E-state index in [-0.39, 0.29) is 12.8 Å². The van der Waals surface area contributed by atoms with Gasteiger partial charge in [0.2, 0.25) is 0 Å². The van der Waals surface area contributed by atoms with Crippen molar-refractivity contribution in [2.45, 2.75) is 25.3 Å². The van der Waals surface area contributed by atoms with E-state index in [1.807, 2.05) is 0 Å². The second kappa shape index (κ2) is 5.22. The Morgan fingerprint density at radius 3 is 2.17 bits per heavy atom. The van der Waals surface area contributed by atoms with Crippen LogP contribution in [0.5, 0.6) is 0 Å². The van der Waals surface area contributed by atoms with Crippen LogP contribution in [0, 0.1) is 4.91 Å². The fraction of sp³-hybridized carbons (Fsp3) is 0.667. The molecule has 68 valence electrons. The molecule has 12 heavy (non-hydrogen) atoms. The third kappa shape index (κ3) is 5.33. The molecule has 0 fully saturated rings. The van der Waals surface area contributed by atoms with Gasteiger partial charge >= 0.3 is 11.9 Å². The molecule has 6 nitrogen and oxygen atoms in total. The molecule has 0 rings (SSSR count). The highest BCUT2D eigenvalue weighted by molar-refractivity contribution is 5.68. The van der Waals surface area contributed by atoms with E-state index in [1.165, 1.54) is 0 Å². The highest BCUT2D eigenvalue weighted by atomic mass is 16.4. The van der Waals surface area contributed by atoms with E-state index in [9.17, 15) is 14.5 Å². The van der Waals surface area contributed by atoms with Gasteiger partial charge in [0.1, 0.15) is 6.04 Å². The lowest BCUT2D eigenvalue weighted by Crippen LogP contribution is -2.12. The van der Waals surface area contributed by atoms with Crippen molar-refractivity contribution in [3.63, 3.8) is 0 Å². The average molecular weight is 175 g/mol. The lowest BCUT2D eigenvalue weighted by Gasteiger charge is -2.02. The Hall–Kier alpha value is -1.46. The molecular formula is C6H9NO5. The molecular weight excluding hydrogens is 166 g/mol. The molecule has 0 aliphatic carbocycles. The van der Waals surface area contributed by atoms with Gasteiger partial charge < -0.3 is 10.2 Å². The number of rotatable bonds is 6. The first-order chi connectivity index (χ1) is 5.56. The van der Waals surface area contributed by atoms with E-state index in [0.29, 0.717) is 0 Å². The van der Waals surface area contributed by atoms with Crippen molar-refractivity contribution < 1.29 is 19.8 Å². The zero-order valence-corrected chi connectivity index (χ0v) is 6.27. The molecule has 0 radical (unpaired) electrons. The normalized spacial score (nSPS) is 12.0. The Kier molecular flexibility index (Phi) is 4.59. The molecule has 0 bridgehead atoms. The molecule has 0 aliphatic rings. The average Bonchev–Trinajstić information content (AvgIpc) is 1.97. The van der Waals surface area contributed by atoms with Crippen LogP contribution >= 0.6 is 0 Å². The van der Waals surface area contributed by atoms with Crippen LogP contribution in [0.4, 0.5) is 0 Å². The van der Waals surface area contributed by atoms with E-state index in [4.69, 9.17) is 10.2 Å². The largest absolute Gasteiger partial charge is 0.481 e. The van der Waals surface area contributed by atoms with Gasteiger partial charge in [-0.3, -0.25) is 9.59 Å². The SMILES string of the molecule is O=NC(CCC(=O)O)CC(=O)O. The summed E-state index contributed by atoms with van der Waals surface area (Å²) >= 11 is 0. The summed E-state index contributed by atoms with van der Waals surface area (Å²) in [5, 5.41) is 18.9. The second-order valence-corrected chi connectivity index (χ2v) is 2.29. The zero-order valence-electron chi connectivity index (χ0n) is 6.27. The molecule has 0 amide bonds. The van der Waals surface area contributed by atoms with Crippen LogP contribution in [0.15, 0.2) is 5.18 Å². The maximum atomic E-state index is 10.1. The minimum Gasteiger partial charge on any atom is -0.481 e. The van der Waals surface area contributed by atoms with Crippen molar-refractivity contribution in [2.24, 2.45) is 5.18 Å². The summed E-state index contributed by atoms with van der Waals surface area (Å²) < 4.78 is 0. The van der Waals surface area contributed by atoms with Crippen LogP contribution in [-0.2, 0) is 9.59 Å². The summed E-state index contributed by atoms with van der Waals surface area (Å²) in [4.78, 5) is 30.0. The Labute approximate surface area is 68.2 Å². The highest BCUT2D eigenvalue weighted by Crippen LogP contribution is 2.06. The van der Waals surface area contributed by atoms with Crippen LogP contribution in [0.1, 0.15) is 19.3 Å². The number of hydrogen-bond acceptors (Lipinski definition) is 4. The van der Waals surface area contributed by atoms with E-state index in [2.05, 4.69) is 5.18 Å². The zero-order chi connectivity index (χ0) is 9.56. The molecule has 0 heterocycles. The van der Waals surface area contributed by atoms with Crippen LogP contribution in [0.3, 0.4) is 0 Å². The van der Waals surface area contributed by atoms with Crippen LogP contribution < -0.4 is 0 Å². The van der Waals surface area contributed by atoms with Crippen LogP contribution in [0.2, 0.25) is 0 Å². The number of nitroso groups, excluding NO2 is 1. The first-order valence-electron chi connectivity index (χ1n) is 3.32. The molecule has 0 aromatic rings. The first-order valence-corrected chi connectivity index (χ1v) is 3.32. The molecule has 0 saturated heterocycles. The first kappa shape index (κ1) is 10.5. The quantitative estimate of drug-likeness (QED) is 0.570. The number of carboxylic acids is 2. The molecule has 0 spiro atoms. The van der Waals surface area contributed by atoms with Crippen molar-refractivity contribution in [1.82, 2.24) is 0 Å². The monoisotopic (exact) mass is 175 g/mol. The summed E-state index contributed by atoms with van der Waals surface area (Å²) in [6.45, 7) is 0. The Morgan fingerprint density at radius 1 is 1.25 bits per heavy atom. The molecule has 0 aliphatic heterocycles. The second-order valence-electron chi connectivity index (χ2n) is 2.29. The number of carboxylic acid groups (broad SMARTS) is 2. The van der Waals surface area contributed by atoms with Crippen molar-refractivity contribution in [2.75, 3.05) is 0 Å². The molecule has 1 atom stereocenters. The molecule has 1 unspecified atom stereocenters. The van der Waals surface area contributed by atoms with Gasteiger partial charge in [-0.2, -0.15) is 4.91 Å². The van der Waals surface area contributed by atoms with Gasteiger partial charge in [-0.15, -0.1) is 0 Å². The van der Waals surface area contributed by atoms with Crippen LogP contribution in [0.25, 0.3) is 0 Å². The molecule has 6 heteroatoms. The lowest BCUT2D eigenvalue weighted by molar-refractivity contribution is -0.139. The van der Waals surface area contributed by atoms with Gasteiger partial charge in [0.25, 0.3) is 0 Å². The third-order valence-corrected chi connectivity index (χ3v) is 1.25. The van der Waals surface area contributed by atoms with Crippen LogP contribution in [-0.4, -0.2) is 28.2 Å². The minimum absolute atomic E-state index is 0.0227. The standard InChI is InChI=1S/C6H9NO5/c8-5(9)2-1-4(7-12)3-6(10)11/h4H,1-3H2,(H,8,9)(H,10,11). The smallest absolute Gasteiger partial charge is 0.305 e. The summed E-state index contributed by atoms with van der Waals surface area (Å²) in [6.07, 6.45) is -0.661. The lowest BCUT2D eigenvalue weighted by atomic mass is 10.1. The Bertz CT molecular complexity index is 190. The number of aliphatic carboxylic acids is 2. The van der Waals surface area contributed by atoms with E-state index >= 15 is 0 Å². The van der Waals surface area contributed by atoms with Crippen molar-refractivity contribution in [3.8, 4) is 0 Å². The molecule has 2 N–H and O–H groups in total. The van der Waals surface area contributed by atoms with Gasteiger partial charge in [-0.1, -0.05) is 5.18 Å². The predicted molar refractivity (Wildman–Crippen MR) is 38.7 cm³/mol. The van der Waals surface area contributed by atoms with Gasteiger partial charge in [0.05, 0.1) is 6.42 Å². The number of hydrogen-bond donors (Lipinski definition) is 2. The topological polar surface area (TPSA) is 104 Å². The third-order valence-electron chi connectivity index (χ3n) is 1.25. The van der Waals surface area contributed by atoms with E-state index in [0.717, 1.165) is 0 Å². The number of nitrogens with zero attached hydrogens (tertiary/aromatic N) is 1. The van der Waals surface area contributed by atoms with Crippen molar-refractivity contribution in [1.29, 1.82) is 0 Å². The molecule has 0 aromatic heterocycles. The summed E-state index contributed by atoms with van der Waals surface area (Å²) in [7, 11) is 0. The van der Waals surface area contributed by atoms with Crippen molar-refractivity contribution in [3.05, 3.63) is 4.91 Å². The van der Waals surface area contributed by atoms with Crippen molar-refractivity contribution >= 4 is 11.9 Å². The summed E-state index contributed by atoms with van der Waals surface area (Å²) in [5.41, 5.74) is 0. The highest BCUT2D eigenvalue weighted by Gasteiger charge is 2.14. The molecule has 0 saturated carbocycles. The van der Waals surface area contributed by atoms with Gasteiger partial charge in [0, 0.05) is 6.42 Å². The van der Waals surface area contributed by atoms with E-state index in [1.54, 1.807) is 0 Å². The van der Waals surface area contributed by atoms with Gasteiger partial charge in [0.15, 0.2) is 0 Å².